The zero-order valence-electron chi connectivity index (χ0n) is 13.9. The maximum absolute atomic E-state index is 3.79. The van der Waals surface area contributed by atoms with Crippen LogP contribution in [0.2, 0.25) is 0 Å². The van der Waals surface area contributed by atoms with E-state index in [0.717, 1.165) is 0 Å². The van der Waals surface area contributed by atoms with Gasteiger partial charge in [0.25, 0.3) is 0 Å². The van der Waals surface area contributed by atoms with E-state index in [4.69, 9.17) is 0 Å². The molecule has 0 saturated heterocycles. The summed E-state index contributed by atoms with van der Waals surface area (Å²) in [5, 5.41) is 3.79. The number of fused-ring (bicyclic) bond motifs is 3. The predicted octanol–water partition coefficient (Wildman–Crippen LogP) is 5.79. The molecule has 0 aliphatic heterocycles. The van der Waals surface area contributed by atoms with Crippen molar-refractivity contribution in [2.45, 2.75) is 26.8 Å². The number of rotatable bonds is 2. The van der Waals surface area contributed by atoms with Gasteiger partial charge in [-0.1, -0.05) is 54.6 Å². The van der Waals surface area contributed by atoms with Crippen molar-refractivity contribution in [2.75, 3.05) is 5.32 Å². The number of anilines is 1. The molecule has 0 radical (unpaired) electrons. The van der Waals surface area contributed by atoms with E-state index in [0.29, 0.717) is 0 Å². The number of nitrogens with one attached hydrogen (secondary N) is 1. The lowest BCUT2D eigenvalue weighted by molar-refractivity contribution is 0.953. The van der Waals surface area contributed by atoms with Crippen LogP contribution in [-0.4, -0.2) is 0 Å². The third-order valence-electron chi connectivity index (χ3n) is 5.08. The average molecular weight is 299 g/mol. The van der Waals surface area contributed by atoms with E-state index in [2.05, 4.69) is 86.8 Å². The molecule has 1 aliphatic carbocycles. The van der Waals surface area contributed by atoms with Crippen LogP contribution in [0, 0.1) is 20.8 Å². The van der Waals surface area contributed by atoms with Gasteiger partial charge in [0.05, 0.1) is 6.04 Å². The van der Waals surface area contributed by atoms with Crippen molar-refractivity contribution < 1.29 is 0 Å². The molecule has 4 rings (SSSR count). The van der Waals surface area contributed by atoms with Gasteiger partial charge in [-0.25, -0.2) is 0 Å². The molecule has 1 unspecified atom stereocenters. The van der Waals surface area contributed by atoms with Crippen LogP contribution in [0.3, 0.4) is 0 Å². The zero-order chi connectivity index (χ0) is 16.0. The molecular weight excluding hydrogens is 278 g/mol. The van der Waals surface area contributed by atoms with Gasteiger partial charge in [0, 0.05) is 5.69 Å². The second-order valence-electron chi connectivity index (χ2n) is 6.45. The molecule has 1 aliphatic rings. The van der Waals surface area contributed by atoms with Gasteiger partial charge in [-0.05, 0) is 65.8 Å². The summed E-state index contributed by atoms with van der Waals surface area (Å²) in [4.78, 5) is 0. The minimum Gasteiger partial charge on any atom is -0.374 e. The first-order valence-corrected chi connectivity index (χ1v) is 8.18. The van der Waals surface area contributed by atoms with Gasteiger partial charge < -0.3 is 5.32 Å². The number of benzene rings is 3. The van der Waals surface area contributed by atoms with E-state index in [1.165, 1.54) is 44.6 Å². The molecule has 1 N–H and O–H groups in total. The van der Waals surface area contributed by atoms with E-state index >= 15 is 0 Å². The van der Waals surface area contributed by atoms with Gasteiger partial charge in [-0.15, -0.1) is 0 Å². The predicted molar refractivity (Wildman–Crippen MR) is 98.0 cm³/mol. The molecule has 0 fully saturated rings. The Balaban J connectivity index is 1.90. The molecule has 1 atom stereocenters. The summed E-state index contributed by atoms with van der Waals surface area (Å²) in [6.07, 6.45) is 0. The second kappa shape index (κ2) is 5.27. The van der Waals surface area contributed by atoms with E-state index < -0.39 is 0 Å². The Kier molecular flexibility index (Phi) is 3.23. The Morgan fingerprint density at radius 1 is 0.696 bits per heavy atom. The fourth-order valence-electron chi connectivity index (χ4n) is 3.63. The highest BCUT2D eigenvalue weighted by Crippen LogP contribution is 2.47. The highest BCUT2D eigenvalue weighted by molar-refractivity contribution is 5.82. The summed E-state index contributed by atoms with van der Waals surface area (Å²) in [6.45, 7) is 6.60. The molecule has 0 saturated carbocycles. The Labute approximate surface area is 138 Å². The Hall–Kier alpha value is -2.54. The van der Waals surface area contributed by atoms with Crippen molar-refractivity contribution >= 4 is 5.69 Å². The highest BCUT2D eigenvalue weighted by Gasteiger charge is 2.30. The summed E-state index contributed by atoms with van der Waals surface area (Å²) < 4.78 is 0. The molecule has 114 valence electrons. The standard InChI is InChI=1S/C22H21N/c1-14-12-13-18-17-9-5-6-10-19(17)22(21(18)16(14)3)23-20-11-7-4-8-15(20)2/h4-13,22-23H,1-3H3. The first kappa shape index (κ1) is 14.1. The monoisotopic (exact) mass is 299 g/mol. The SMILES string of the molecule is Cc1ccccc1NC1c2ccccc2-c2ccc(C)c(C)c21. The Morgan fingerprint density at radius 2 is 1.43 bits per heavy atom. The third kappa shape index (κ3) is 2.16. The maximum atomic E-state index is 3.79. The first-order valence-electron chi connectivity index (χ1n) is 8.18. The first-order chi connectivity index (χ1) is 11.2. The van der Waals surface area contributed by atoms with Crippen LogP contribution in [-0.2, 0) is 0 Å². The minimum atomic E-state index is 0.224. The van der Waals surface area contributed by atoms with Crippen molar-refractivity contribution in [1.29, 1.82) is 0 Å². The van der Waals surface area contributed by atoms with Gasteiger partial charge in [0.15, 0.2) is 0 Å². The molecule has 0 amide bonds. The molecule has 0 heterocycles. The van der Waals surface area contributed by atoms with Crippen molar-refractivity contribution in [1.82, 2.24) is 0 Å². The normalized spacial score (nSPS) is 15.2. The quantitative estimate of drug-likeness (QED) is 0.631. The topological polar surface area (TPSA) is 12.0 Å². The second-order valence-corrected chi connectivity index (χ2v) is 6.45. The third-order valence-corrected chi connectivity index (χ3v) is 5.08. The van der Waals surface area contributed by atoms with Crippen LogP contribution in [0.25, 0.3) is 11.1 Å². The lowest BCUT2D eigenvalue weighted by Crippen LogP contribution is -2.11. The summed E-state index contributed by atoms with van der Waals surface area (Å²) in [5.41, 5.74) is 10.8. The van der Waals surface area contributed by atoms with E-state index in [1.54, 1.807) is 0 Å². The van der Waals surface area contributed by atoms with Gasteiger partial charge in [-0.3, -0.25) is 0 Å². The molecule has 0 bridgehead atoms. The minimum absolute atomic E-state index is 0.224. The summed E-state index contributed by atoms with van der Waals surface area (Å²) in [7, 11) is 0. The molecular formula is C22H21N. The molecule has 3 aromatic carbocycles. The lowest BCUT2D eigenvalue weighted by atomic mass is 9.95. The van der Waals surface area contributed by atoms with Crippen LogP contribution >= 0.6 is 0 Å². The molecule has 0 spiro atoms. The highest BCUT2D eigenvalue weighted by atomic mass is 14.9. The Bertz CT molecular complexity index is 892. The maximum Gasteiger partial charge on any atom is 0.0782 e. The van der Waals surface area contributed by atoms with E-state index in [-0.39, 0.29) is 6.04 Å². The summed E-state index contributed by atoms with van der Waals surface area (Å²) in [6, 6.07) is 22.0. The lowest BCUT2D eigenvalue weighted by Gasteiger charge is -2.21. The largest absolute Gasteiger partial charge is 0.374 e. The van der Waals surface area contributed by atoms with Gasteiger partial charge >= 0.3 is 0 Å². The van der Waals surface area contributed by atoms with Crippen LogP contribution in [0.5, 0.6) is 0 Å². The van der Waals surface area contributed by atoms with Crippen molar-refractivity contribution in [2.24, 2.45) is 0 Å². The van der Waals surface area contributed by atoms with E-state index in [1.807, 2.05) is 0 Å². The number of aryl methyl sites for hydroxylation is 2. The van der Waals surface area contributed by atoms with Crippen LogP contribution < -0.4 is 5.32 Å². The fourth-order valence-corrected chi connectivity index (χ4v) is 3.63. The van der Waals surface area contributed by atoms with Gasteiger partial charge in [-0.2, -0.15) is 0 Å². The van der Waals surface area contributed by atoms with Crippen LogP contribution in [0.1, 0.15) is 33.9 Å². The number of para-hydroxylation sites is 1. The zero-order valence-corrected chi connectivity index (χ0v) is 13.9. The van der Waals surface area contributed by atoms with Crippen molar-refractivity contribution in [3.05, 3.63) is 88.5 Å². The Morgan fingerprint density at radius 3 is 2.26 bits per heavy atom. The number of hydrogen-bond donors (Lipinski definition) is 1. The smallest absolute Gasteiger partial charge is 0.0782 e. The molecule has 23 heavy (non-hydrogen) atoms. The van der Waals surface area contributed by atoms with E-state index in [9.17, 15) is 0 Å². The summed E-state index contributed by atoms with van der Waals surface area (Å²) >= 11 is 0. The molecule has 1 heteroatoms. The molecule has 3 aromatic rings. The number of hydrogen-bond acceptors (Lipinski definition) is 1. The van der Waals surface area contributed by atoms with Gasteiger partial charge in [0.2, 0.25) is 0 Å². The average Bonchev–Trinajstić information content (AvgIpc) is 2.88. The van der Waals surface area contributed by atoms with Gasteiger partial charge in [0.1, 0.15) is 0 Å². The van der Waals surface area contributed by atoms with Crippen molar-refractivity contribution in [3.63, 3.8) is 0 Å². The summed E-state index contributed by atoms with van der Waals surface area (Å²) in [5.74, 6) is 0. The molecule has 0 aromatic heterocycles. The fraction of sp³-hybridized carbons (Fsp3) is 0.182. The van der Waals surface area contributed by atoms with Crippen molar-refractivity contribution in [3.8, 4) is 11.1 Å². The van der Waals surface area contributed by atoms with Crippen LogP contribution in [0.15, 0.2) is 60.7 Å². The van der Waals surface area contributed by atoms with Crippen LogP contribution in [0.4, 0.5) is 5.69 Å². The molecule has 1 nitrogen and oxygen atoms in total.